The van der Waals surface area contributed by atoms with Gasteiger partial charge in [-0.05, 0) is 68.5 Å². The van der Waals surface area contributed by atoms with Crippen LogP contribution in [0, 0.1) is 5.92 Å². The van der Waals surface area contributed by atoms with Crippen molar-refractivity contribution >= 4 is 17.4 Å². The van der Waals surface area contributed by atoms with Gasteiger partial charge in [0.15, 0.2) is 11.5 Å². The number of ether oxygens (including phenoxy) is 1. The fraction of sp³-hybridized carbons (Fsp3) is 0.522. The lowest BCUT2D eigenvalue weighted by Gasteiger charge is -2.58. The molecule has 1 saturated heterocycles. The second kappa shape index (κ2) is 7.23. The van der Waals surface area contributed by atoms with E-state index in [0.717, 1.165) is 13.0 Å². The number of piperidine rings is 1. The number of hydrogen-bond donors (Lipinski definition) is 2. The van der Waals surface area contributed by atoms with E-state index in [9.17, 15) is 4.79 Å². The van der Waals surface area contributed by atoms with Crippen LogP contribution in [0.25, 0.3) is 0 Å². The first-order chi connectivity index (χ1) is 14.5. The molecule has 2 bridgehead atoms. The SMILES string of the molecule is COc1cc2c(cc1NC(=O)c1nccnc1N)C[C@H]1C3CCCC[C@@]23CCN1C. The van der Waals surface area contributed by atoms with E-state index in [2.05, 4.69) is 39.4 Å². The summed E-state index contributed by atoms with van der Waals surface area (Å²) < 4.78 is 5.72. The highest BCUT2D eigenvalue weighted by molar-refractivity contribution is 6.06. The van der Waals surface area contributed by atoms with Crippen LogP contribution in [0.2, 0.25) is 0 Å². The number of benzene rings is 1. The molecule has 3 aliphatic rings. The topological polar surface area (TPSA) is 93.4 Å². The summed E-state index contributed by atoms with van der Waals surface area (Å²) in [6, 6.07) is 4.86. The number of nitrogens with zero attached hydrogens (tertiary/aromatic N) is 3. The molecule has 1 amide bonds. The smallest absolute Gasteiger partial charge is 0.278 e. The van der Waals surface area contributed by atoms with Gasteiger partial charge in [-0.15, -0.1) is 0 Å². The molecular formula is C23H29N5O2. The van der Waals surface area contributed by atoms with E-state index in [1.165, 1.54) is 55.6 Å². The molecule has 3 atom stereocenters. The van der Waals surface area contributed by atoms with Crippen molar-refractivity contribution in [2.75, 3.05) is 31.8 Å². The Morgan fingerprint density at radius 1 is 1.27 bits per heavy atom. The van der Waals surface area contributed by atoms with Gasteiger partial charge in [0.05, 0.1) is 12.8 Å². The van der Waals surface area contributed by atoms with Crippen molar-refractivity contribution in [1.29, 1.82) is 0 Å². The second-order valence-electron chi connectivity index (χ2n) is 8.96. The number of nitrogens with two attached hydrogens (primary N) is 1. The number of fused-ring (bicyclic) bond motifs is 1. The summed E-state index contributed by atoms with van der Waals surface area (Å²) >= 11 is 0. The summed E-state index contributed by atoms with van der Waals surface area (Å²) in [7, 11) is 3.92. The van der Waals surface area contributed by atoms with Crippen LogP contribution in [0.1, 0.15) is 53.7 Å². The Hall–Kier alpha value is -2.67. The van der Waals surface area contributed by atoms with Gasteiger partial charge in [-0.2, -0.15) is 0 Å². The maximum Gasteiger partial charge on any atom is 0.278 e. The molecule has 5 rings (SSSR count). The summed E-state index contributed by atoms with van der Waals surface area (Å²) in [4.78, 5) is 23.4. The number of likely N-dealkylation sites (tertiary alicyclic amines) is 1. The Bertz CT molecular complexity index is 994. The van der Waals surface area contributed by atoms with Crippen molar-refractivity contribution in [1.82, 2.24) is 14.9 Å². The number of rotatable bonds is 3. The number of hydrogen-bond acceptors (Lipinski definition) is 6. The van der Waals surface area contributed by atoms with Crippen LogP contribution < -0.4 is 15.8 Å². The fourth-order valence-electron chi connectivity index (χ4n) is 6.21. The summed E-state index contributed by atoms with van der Waals surface area (Å²) in [6.07, 6.45) is 10.3. The van der Waals surface area contributed by atoms with Gasteiger partial charge < -0.3 is 20.7 Å². The van der Waals surface area contributed by atoms with E-state index in [1.54, 1.807) is 7.11 Å². The predicted molar refractivity (Wildman–Crippen MR) is 116 cm³/mol. The number of anilines is 2. The molecule has 2 heterocycles. The average Bonchev–Trinajstić information content (AvgIpc) is 2.76. The molecule has 1 aliphatic heterocycles. The number of carbonyl (C=O) groups excluding carboxylic acids is 1. The lowest BCUT2D eigenvalue weighted by Crippen LogP contribution is -2.59. The zero-order valence-corrected chi connectivity index (χ0v) is 17.6. The maximum absolute atomic E-state index is 12.8. The molecule has 3 N–H and O–H groups in total. The third-order valence-corrected chi connectivity index (χ3v) is 7.62. The van der Waals surface area contributed by atoms with E-state index in [4.69, 9.17) is 10.5 Å². The van der Waals surface area contributed by atoms with Gasteiger partial charge in [-0.3, -0.25) is 4.79 Å². The standard InChI is InChI=1S/C23H29N5O2/c1-28-10-7-23-6-4-3-5-15(23)18(28)12-14-11-17(19(30-2)13-16(14)23)27-22(29)20-21(24)26-9-8-25-20/h8-9,11,13,15,18H,3-7,10,12H2,1-2H3,(H2,24,26)(H,27,29)/t15?,18-,23-/m0/s1. The van der Waals surface area contributed by atoms with Crippen molar-refractivity contribution in [3.8, 4) is 5.75 Å². The summed E-state index contributed by atoms with van der Waals surface area (Å²) in [5.41, 5.74) is 9.63. The van der Waals surface area contributed by atoms with Crippen molar-refractivity contribution in [2.24, 2.45) is 5.92 Å². The van der Waals surface area contributed by atoms with Gasteiger partial charge in [-0.25, -0.2) is 9.97 Å². The normalized spacial score (nSPS) is 27.7. The Morgan fingerprint density at radius 3 is 2.90 bits per heavy atom. The fourth-order valence-corrected chi connectivity index (χ4v) is 6.21. The van der Waals surface area contributed by atoms with Crippen molar-refractivity contribution in [3.63, 3.8) is 0 Å². The Morgan fingerprint density at radius 2 is 2.10 bits per heavy atom. The molecule has 30 heavy (non-hydrogen) atoms. The van der Waals surface area contributed by atoms with E-state index in [1.807, 2.05) is 0 Å². The van der Waals surface area contributed by atoms with Gasteiger partial charge in [0.25, 0.3) is 5.91 Å². The molecule has 1 aromatic carbocycles. The lowest BCUT2D eigenvalue weighted by atomic mass is 9.52. The molecule has 0 spiro atoms. The Labute approximate surface area is 177 Å². The number of nitrogen functional groups attached to an aromatic ring is 1. The van der Waals surface area contributed by atoms with Crippen molar-refractivity contribution < 1.29 is 9.53 Å². The largest absolute Gasteiger partial charge is 0.495 e. The highest BCUT2D eigenvalue weighted by Crippen LogP contribution is 2.56. The van der Waals surface area contributed by atoms with Crippen molar-refractivity contribution in [2.45, 2.75) is 50.0 Å². The van der Waals surface area contributed by atoms with Gasteiger partial charge in [0.2, 0.25) is 0 Å². The molecule has 2 aromatic rings. The zero-order valence-electron chi connectivity index (χ0n) is 17.6. The molecular weight excluding hydrogens is 378 g/mol. The van der Waals surface area contributed by atoms with Crippen LogP contribution >= 0.6 is 0 Å². The lowest BCUT2D eigenvalue weighted by molar-refractivity contribution is 0.00277. The van der Waals surface area contributed by atoms with Crippen molar-refractivity contribution in [3.05, 3.63) is 41.3 Å². The van der Waals surface area contributed by atoms with E-state index in [0.29, 0.717) is 23.4 Å². The average molecular weight is 408 g/mol. The van der Waals surface area contributed by atoms with Crippen LogP contribution in [0.3, 0.4) is 0 Å². The molecule has 158 valence electrons. The minimum Gasteiger partial charge on any atom is -0.495 e. The second-order valence-corrected chi connectivity index (χ2v) is 8.96. The predicted octanol–water partition coefficient (Wildman–Crippen LogP) is 3.01. The van der Waals surface area contributed by atoms with E-state index >= 15 is 0 Å². The van der Waals surface area contributed by atoms with Crippen LogP contribution in [0.15, 0.2) is 24.5 Å². The number of likely N-dealkylation sites (N-methyl/N-ethyl adjacent to an activating group) is 1. The molecule has 2 aliphatic carbocycles. The van der Waals surface area contributed by atoms with Gasteiger partial charge in [-0.1, -0.05) is 12.8 Å². The third kappa shape index (κ3) is 2.87. The Kier molecular flexibility index (Phi) is 4.65. The highest BCUT2D eigenvalue weighted by Gasteiger charge is 2.53. The summed E-state index contributed by atoms with van der Waals surface area (Å²) in [5.74, 6) is 1.15. The molecule has 7 nitrogen and oxygen atoms in total. The first kappa shape index (κ1) is 19.3. The first-order valence-electron chi connectivity index (χ1n) is 10.8. The van der Waals surface area contributed by atoms with Crippen LogP contribution in [-0.4, -0.2) is 47.5 Å². The van der Waals surface area contributed by atoms with Crippen LogP contribution in [-0.2, 0) is 11.8 Å². The van der Waals surface area contributed by atoms with E-state index in [-0.39, 0.29) is 22.8 Å². The van der Waals surface area contributed by atoms with E-state index < -0.39 is 0 Å². The van der Waals surface area contributed by atoms with Crippen LogP contribution in [0.5, 0.6) is 5.75 Å². The number of methoxy groups -OCH3 is 1. The monoisotopic (exact) mass is 407 g/mol. The minimum atomic E-state index is -0.374. The number of carbonyl (C=O) groups is 1. The summed E-state index contributed by atoms with van der Waals surface area (Å²) in [5, 5.41) is 2.96. The molecule has 1 unspecified atom stereocenters. The third-order valence-electron chi connectivity index (χ3n) is 7.62. The number of nitrogens with one attached hydrogen (secondary N) is 1. The quantitative estimate of drug-likeness (QED) is 0.812. The Balaban J connectivity index is 1.55. The summed E-state index contributed by atoms with van der Waals surface area (Å²) in [6.45, 7) is 1.15. The zero-order chi connectivity index (χ0) is 20.9. The highest BCUT2D eigenvalue weighted by atomic mass is 16.5. The number of aromatic nitrogens is 2. The molecule has 1 aromatic heterocycles. The molecule has 1 saturated carbocycles. The molecule has 2 fully saturated rings. The molecule has 7 heteroatoms. The van der Waals surface area contributed by atoms with Gasteiger partial charge in [0, 0.05) is 23.9 Å². The number of amides is 1. The first-order valence-corrected chi connectivity index (χ1v) is 10.8. The maximum atomic E-state index is 12.8. The van der Waals surface area contributed by atoms with Gasteiger partial charge in [0.1, 0.15) is 5.75 Å². The van der Waals surface area contributed by atoms with Gasteiger partial charge >= 0.3 is 0 Å². The minimum absolute atomic E-state index is 0.118. The molecule has 0 radical (unpaired) electrons. The van der Waals surface area contributed by atoms with Crippen LogP contribution in [0.4, 0.5) is 11.5 Å².